The number of rotatable bonds is 2. The molecule has 14 heavy (non-hydrogen) atoms. The largest absolute Gasteiger partial charge is 0.401 e. The highest BCUT2D eigenvalue weighted by Crippen LogP contribution is 2.17. The second kappa shape index (κ2) is 4.68. The van der Waals surface area contributed by atoms with E-state index in [1.807, 2.05) is 4.90 Å². The van der Waals surface area contributed by atoms with Crippen molar-refractivity contribution in [2.45, 2.75) is 12.6 Å². The van der Waals surface area contributed by atoms with Crippen LogP contribution in [0.5, 0.6) is 0 Å². The Morgan fingerprint density at radius 3 is 2.43 bits per heavy atom. The van der Waals surface area contributed by atoms with Crippen LogP contribution in [0.15, 0.2) is 12.8 Å². The Hall–Kier alpha value is -0.710. The first-order chi connectivity index (χ1) is 6.51. The van der Waals surface area contributed by atoms with Crippen LogP contribution in [-0.2, 0) is 0 Å². The van der Waals surface area contributed by atoms with Gasteiger partial charge in [0.25, 0.3) is 0 Å². The maximum absolute atomic E-state index is 12.1. The Kier molecular flexibility index (Phi) is 3.80. The number of hydrogen-bond acceptors (Lipinski definition) is 2. The Morgan fingerprint density at radius 2 is 1.86 bits per heavy atom. The van der Waals surface area contributed by atoms with Gasteiger partial charge in [-0.05, 0) is 12.6 Å². The smallest absolute Gasteiger partial charge is 0.377 e. The second-order valence-electron chi connectivity index (χ2n) is 3.46. The van der Waals surface area contributed by atoms with Crippen molar-refractivity contribution >= 4 is 0 Å². The van der Waals surface area contributed by atoms with Crippen molar-refractivity contribution in [3.63, 3.8) is 0 Å². The summed E-state index contributed by atoms with van der Waals surface area (Å²) >= 11 is 0. The molecule has 0 atom stereocenters. The highest BCUT2D eigenvalue weighted by Gasteiger charge is 2.30. The monoisotopic (exact) mass is 208 g/mol. The summed E-state index contributed by atoms with van der Waals surface area (Å²) < 4.78 is 36.2. The molecule has 0 N–H and O–H groups in total. The molecule has 1 saturated heterocycles. The Balaban J connectivity index is 2.38. The van der Waals surface area contributed by atoms with Crippen LogP contribution >= 0.6 is 0 Å². The predicted octanol–water partition coefficient (Wildman–Crippen LogP) is 1.70. The van der Waals surface area contributed by atoms with E-state index in [0.717, 1.165) is 13.0 Å². The Morgan fingerprint density at radius 1 is 1.14 bits per heavy atom. The lowest BCUT2D eigenvalue weighted by Crippen LogP contribution is -2.36. The minimum Gasteiger partial charge on any atom is -0.377 e. The van der Waals surface area contributed by atoms with Crippen LogP contribution in [-0.4, -0.2) is 48.7 Å². The molecule has 0 spiro atoms. The summed E-state index contributed by atoms with van der Waals surface area (Å²) in [5.74, 6) is 0. The van der Waals surface area contributed by atoms with Crippen LogP contribution in [0.4, 0.5) is 13.2 Å². The number of halogens is 3. The minimum absolute atomic E-state index is 0.464. The van der Waals surface area contributed by atoms with Gasteiger partial charge in [-0.2, -0.15) is 13.2 Å². The first-order valence-corrected chi connectivity index (χ1v) is 4.67. The van der Waals surface area contributed by atoms with Crippen molar-refractivity contribution in [2.24, 2.45) is 0 Å². The third-order valence-electron chi connectivity index (χ3n) is 2.28. The van der Waals surface area contributed by atoms with Gasteiger partial charge in [0.1, 0.15) is 0 Å². The fraction of sp³-hybridized carbons (Fsp3) is 0.778. The third-order valence-corrected chi connectivity index (χ3v) is 2.28. The van der Waals surface area contributed by atoms with E-state index in [-0.39, 0.29) is 0 Å². The van der Waals surface area contributed by atoms with E-state index in [4.69, 9.17) is 0 Å². The summed E-state index contributed by atoms with van der Waals surface area (Å²) in [7, 11) is 0. The van der Waals surface area contributed by atoms with Gasteiger partial charge in [0.05, 0.1) is 6.54 Å². The molecule has 1 rings (SSSR count). The molecule has 0 aliphatic carbocycles. The normalized spacial score (nSPS) is 20.6. The van der Waals surface area contributed by atoms with Crippen LogP contribution in [0.3, 0.4) is 0 Å². The fourth-order valence-electron chi connectivity index (χ4n) is 1.59. The average molecular weight is 208 g/mol. The molecule has 0 unspecified atom stereocenters. The molecule has 1 heterocycles. The summed E-state index contributed by atoms with van der Waals surface area (Å²) in [5.41, 5.74) is 0. The van der Waals surface area contributed by atoms with Crippen LogP contribution in [0.25, 0.3) is 0 Å². The Bertz CT molecular complexity index is 191. The second-order valence-corrected chi connectivity index (χ2v) is 3.46. The van der Waals surface area contributed by atoms with Gasteiger partial charge in [0, 0.05) is 26.2 Å². The van der Waals surface area contributed by atoms with E-state index in [0.29, 0.717) is 19.6 Å². The summed E-state index contributed by atoms with van der Waals surface area (Å²) in [6.07, 6.45) is -1.62. The zero-order valence-corrected chi connectivity index (χ0v) is 8.06. The van der Waals surface area contributed by atoms with E-state index < -0.39 is 12.7 Å². The first-order valence-electron chi connectivity index (χ1n) is 4.67. The number of alkyl halides is 3. The van der Waals surface area contributed by atoms with E-state index in [1.54, 1.807) is 6.20 Å². The van der Waals surface area contributed by atoms with Crippen molar-refractivity contribution in [1.29, 1.82) is 0 Å². The van der Waals surface area contributed by atoms with E-state index in [2.05, 4.69) is 6.58 Å². The maximum Gasteiger partial charge on any atom is 0.401 e. The topological polar surface area (TPSA) is 6.48 Å². The van der Waals surface area contributed by atoms with Crippen molar-refractivity contribution in [3.8, 4) is 0 Å². The SMILES string of the molecule is C=CN1CCCN(CC(F)(F)F)CC1. The molecule has 1 fully saturated rings. The lowest BCUT2D eigenvalue weighted by atomic mass is 10.4. The van der Waals surface area contributed by atoms with Crippen LogP contribution in [0.2, 0.25) is 0 Å². The van der Waals surface area contributed by atoms with Gasteiger partial charge < -0.3 is 4.90 Å². The third kappa shape index (κ3) is 4.00. The van der Waals surface area contributed by atoms with Gasteiger partial charge >= 0.3 is 6.18 Å². The molecule has 0 aromatic rings. The van der Waals surface area contributed by atoms with Gasteiger partial charge in [-0.25, -0.2) is 0 Å². The quantitative estimate of drug-likeness (QED) is 0.681. The van der Waals surface area contributed by atoms with E-state index in [1.165, 1.54) is 4.90 Å². The van der Waals surface area contributed by atoms with Gasteiger partial charge in [0.15, 0.2) is 0 Å². The number of hydrogen-bond donors (Lipinski definition) is 0. The molecule has 1 aliphatic rings. The highest BCUT2D eigenvalue weighted by molar-refractivity contribution is 4.77. The predicted molar refractivity (Wildman–Crippen MR) is 48.9 cm³/mol. The van der Waals surface area contributed by atoms with Crippen LogP contribution in [0.1, 0.15) is 6.42 Å². The lowest BCUT2D eigenvalue weighted by molar-refractivity contribution is -0.145. The average Bonchev–Trinajstić information content (AvgIpc) is 2.27. The number of nitrogens with zero attached hydrogens (tertiary/aromatic N) is 2. The van der Waals surface area contributed by atoms with Gasteiger partial charge in [-0.15, -0.1) is 0 Å². The molecular weight excluding hydrogens is 193 g/mol. The molecule has 2 nitrogen and oxygen atoms in total. The van der Waals surface area contributed by atoms with Crippen molar-refractivity contribution in [3.05, 3.63) is 12.8 Å². The van der Waals surface area contributed by atoms with E-state index in [9.17, 15) is 13.2 Å². The molecule has 5 heteroatoms. The van der Waals surface area contributed by atoms with Crippen molar-refractivity contribution < 1.29 is 13.2 Å². The molecule has 1 aliphatic heterocycles. The zero-order valence-electron chi connectivity index (χ0n) is 8.06. The highest BCUT2D eigenvalue weighted by atomic mass is 19.4. The van der Waals surface area contributed by atoms with Gasteiger partial charge in [-0.1, -0.05) is 6.58 Å². The maximum atomic E-state index is 12.1. The standard InChI is InChI=1S/C9H15F3N2/c1-2-13-4-3-5-14(7-6-13)8-9(10,11)12/h2H,1,3-8H2. The van der Waals surface area contributed by atoms with E-state index >= 15 is 0 Å². The van der Waals surface area contributed by atoms with Crippen molar-refractivity contribution in [2.75, 3.05) is 32.7 Å². The molecule has 0 aromatic heterocycles. The van der Waals surface area contributed by atoms with Gasteiger partial charge in [0.2, 0.25) is 0 Å². The molecule has 0 bridgehead atoms. The van der Waals surface area contributed by atoms with Crippen LogP contribution < -0.4 is 0 Å². The van der Waals surface area contributed by atoms with Crippen molar-refractivity contribution in [1.82, 2.24) is 9.80 Å². The first kappa shape index (κ1) is 11.4. The fourth-order valence-corrected chi connectivity index (χ4v) is 1.59. The molecule has 0 saturated carbocycles. The summed E-state index contributed by atoms with van der Waals surface area (Å²) in [6.45, 7) is 5.24. The Labute approximate surface area is 82.0 Å². The summed E-state index contributed by atoms with van der Waals surface area (Å²) in [4.78, 5) is 3.40. The lowest BCUT2D eigenvalue weighted by Gasteiger charge is -2.21. The molecule has 0 amide bonds. The summed E-state index contributed by atoms with van der Waals surface area (Å²) in [5, 5.41) is 0. The van der Waals surface area contributed by atoms with Gasteiger partial charge in [-0.3, -0.25) is 4.90 Å². The molecule has 0 radical (unpaired) electrons. The molecule has 82 valence electrons. The molecular formula is C9H15F3N2. The van der Waals surface area contributed by atoms with Crippen LogP contribution in [0, 0.1) is 0 Å². The zero-order chi connectivity index (χ0) is 10.6. The molecule has 0 aromatic carbocycles. The minimum atomic E-state index is -4.08. The summed E-state index contributed by atoms with van der Waals surface area (Å²) in [6, 6.07) is 0.